The van der Waals surface area contributed by atoms with E-state index in [9.17, 15) is 4.79 Å². The van der Waals surface area contributed by atoms with E-state index >= 15 is 0 Å². The minimum absolute atomic E-state index is 0.0149. The van der Waals surface area contributed by atoms with Gasteiger partial charge in [0.1, 0.15) is 0 Å². The molecule has 1 fully saturated rings. The molecule has 1 amide bonds. The normalized spacial score (nSPS) is 14.4. The first kappa shape index (κ1) is 22.2. The molecule has 168 valence electrons. The van der Waals surface area contributed by atoms with Crippen LogP contribution >= 0.6 is 0 Å². The lowest BCUT2D eigenvalue weighted by molar-refractivity contribution is 0.0355. The molecule has 3 heterocycles. The van der Waals surface area contributed by atoms with Crippen molar-refractivity contribution in [2.75, 3.05) is 39.4 Å². The van der Waals surface area contributed by atoms with E-state index in [1.807, 2.05) is 46.8 Å². The molecule has 0 atom stereocenters. The average molecular weight is 434 g/mol. The van der Waals surface area contributed by atoms with Crippen molar-refractivity contribution >= 4 is 5.91 Å². The highest BCUT2D eigenvalue weighted by atomic mass is 16.5. The first-order valence-electron chi connectivity index (χ1n) is 11.2. The summed E-state index contributed by atoms with van der Waals surface area (Å²) in [4.78, 5) is 22.0. The topological polar surface area (TPSA) is 63.5 Å². The zero-order chi connectivity index (χ0) is 22.3. The Morgan fingerprint density at radius 3 is 2.59 bits per heavy atom. The van der Waals surface area contributed by atoms with Gasteiger partial charge in [0, 0.05) is 45.1 Å². The van der Waals surface area contributed by atoms with Crippen LogP contribution in [0, 0.1) is 13.8 Å². The molecule has 0 spiro atoms. The third-order valence-electron chi connectivity index (χ3n) is 6.00. The van der Waals surface area contributed by atoms with Crippen LogP contribution in [0.1, 0.15) is 33.6 Å². The fourth-order valence-corrected chi connectivity index (χ4v) is 4.10. The van der Waals surface area contributed by atoms with Gasteiger partial charge in [0.2, 0.25) is 0 Å². The van der Waals surface area contributed by atoms with E-state index in [1.165, 1.54) is 0 Å². The average Bonchev–Trinajstić information content (AvgIpc) is 3.20. The molecule has 2 aromatic heterocycles. The van der Waals surface area contributed by atoms with Crippen molar-refractivity contribution in [1.29, 1.82) is 0 Å². The zero-order valence-corrected chi connectivity index (χ0v) is 18.9. The second-order valence-corrected chi connectivity index (χ2v) is 8.23. The van der Waals surface area contributed by atoms with Gasteiger partial charge >= 0.3 is 0 Å². The molecular formula is C25H31N5O2. The Balaban J connectivity index is 1.52. The van der Waals surface area contributed by atoms with E-state index in [4.69, 9.17) is 4.74 Å². The summed E-state index contributed by atoms with van der Waals surface area (Å²) >= 11 is 0. The summed E-state index contributed by atoms with van der Waals surface area (Å²) in [6, 6.07) is 12.0. The van der Waals surface area contributed by atoms with Crippen LogP contribution in [0.4, 0.5) is 0 Å². The highest BCUT2D eigenvalue weighted by Crippen LogP contribution is 2.20. The third-order valence-corrected chi connectivity index (χ3v) is 6.00. The Labute approximate surface area is 189 Å². The van der Waals surface area contributed by atoms with Gasteiger partial charge in [-0.2, -0.15) is 5.10 Å². The smallest absolute Gasteiger partial charge is 0.257 e. The molecule has 0 saturated carbocycles. The van der Waals surface area contributed by atoms with Crippen LogP contribution in [0.15, 0.2) is 55.0 Å². The van der Waals surface area contributed by atoms with Gasteiger partial charge in [-0.15, -0.1) is 0 Å². The van der Waals surface area contributed by atoms with Crippen LogP contribution in [0.3, 0.4) is 0 Å². The fourth-order valence-electron chi connectivity index (χ4n) is 4.10. The Bertz CT molecular complexity index is 1030. The van der Waals surface area contributed by atoms with Crippen LogP contribution in [0.2, 0.25) is 0 Å². The maximum Gasteiger partial charge on any atom is 0.257 e. The molecule has 1 aliphatic rings. The van der Waals surface area contributed by atoms with E-state index in [2.05, 4.69) is 28.0 Å². The Hall–Kier alpha value is -3.03. The number of para-hydroxylation sites is 1. The second kappa shape index (κ2) is 10.5. The SMILES string of the molecule is Cc1ccccc1-n1ncc(C(=O)N(CCCN2CCOCC2)Cc2ccncc2)c1C. The molecule has 0 bridgehead atoms. The highest BCUT2D eigenvalue weighted by Gasteiger charge is 2.22. The number of aromatic nitrogens is 3. The molecule has 7 heteroatoms. The summed E-state index contributed by atoms with van der Waals surface area (Å²) in [7, 11) is 0. The minimum Gasteiger partial charge on any atom is -0.379 e. The van der Waals surface area contributed by atoms with Gasteiger partial charge in [-0.3, -0.25) is 14.7 Å². The van der Waals surface area contributed by atoms with E-state index in [0.717, 1.165) is 61.8 Å². The number of amides is 1. The number of benzene rings is 1. The summed E-state index contributed by atoms with van der Waals surface area (Å²) < 4.78 is 7.30. The van der Waals surface area contributed by atoms with Crippen molar-refractivity contribution in [3.8, 4) is 5.69 Å². The van der Waals surface area contributed by atoms with Crippen molar-refractivity contribution in [2.45, 2.75) is 26.8 Å². The van der Waals surface area contributed by atoms with E-state index in [-0.39, 0.29) is 5.91 Å². The van der Waals surface area contributed by atoms with Crippen LogP contribution in [-0.2, 0) is 11.3 Å². The van der Waals surface area contributed by atoms with Gasteiger partial charge in [0.05, 0.1) is 36.4 Å². The van der Waals surface area contributed by atoms with Gasteiger partial charge in [-0.1, -0.05) is 18.2 Å². The Kier molecular flexibility index (Phi) is 7.29. The number of pyridine rings is 1. The number of morpholine rings is 1. The largest absolute Gasteiger partial charge is 0.379 e. The molecule has 0 radical (unpaired) electrons. The number of hydrogen-bond acceptors (Lipinski definition) is 5. The monoisotopic (exact) mass is 433 g/mol. The van der Waals surface area contributed by atoms with Crippen LogP contribution in [-0.4, -0.2) is 69.9 Å². The third kappa shape index (κ3) is 5.23. The number of carbonyl (C=O) groups is 1. The molecule has 7 nitrogen and oxygen atoms in total. The number of rotatable bonds is 8. The van der Waals surface area contributed by atoms with Crippen LogP contribution < -0.4 is 0 Å². The predicted molar refractivity (Wildman–Crippen MR) is 124 cm³/mol. The maximum atomic E-state index is 13.6. The van der Waals surface area contributed by atoms with Gasteiger partial charge in [0.25, 0.3) is 5.91 Å². The van der Waals surface area contributed by atoms with Crippen molar-refractivity contribution < 1.29 is 9.53 Å². The molecule has 3 aromatic rings. The summed E-state index contributed by atoms with van der Waals surface area (Å²) in [6.07, 6.45) is 6.16. The number of ether oxygens (including phenoxy) is 1. The second-order valence-electron chi connectivity index (χ2n) is 8.23. The molecule has 32 heavy (non-hydrogen) atoms. The van der Waals surface area contributed by atoms with E-state index < -0.39 is 0 Å². The quantitative estimate of drug-likeness (QED) is 0.546. The number of carbonyl (C=O) groups excluding carboxylic acids is 1. The van der Waals surface area contributed by atoms with Crippen molar-refractivity contribution in [3.63, 3.8) is 0 Å². The zero-order valence-electron chi connectivity index (χ0n) is 18.9. The van der Waals surface area contributed by atoms with E-state index in [0.29, 0.717) is 18.7 Å². The number of aryl methyl sites for hydroxylation is 1. The number of nitrogens with zero attached hydrogens (tertiary/aromatic N) is 5. The van der Waals surface area contributed by atoms with Gasteiger partial charge in [-0.05, 0) is 49.6 Å². The molecule has 1 saturated heterocycles. The van der Waals surface area contributed by atoms with E-state index in [1.54, 1.807) is 18.6 Å². The van der Waals surface area contributed by atoms with Gasteiger partial charge in [0.15, 0.2) is 0 Å². The summed E-state index contributed by atoms with van der Waals surface area (Å²) in [5.41, 5.74) is 4.70. The fraction of sp³-hybridized carbons (Fsp3) is 0.400. The predicted octanol–water partition coefficient (Wildman–Crippen LogP) is 3.25. The van der Waals surface area contributed by atoms with Crippen LogP contribution in [0.25, 0.3) is 5.69 Å². The first-order valence-corrected chi connectivity index (χ1v) is 11.2. The molecular weight excluding hydrogens is 402 g/mol. The Morgan fingerprint density at radius 2 is 1.84 bits per heavy atom. The van der Waals surface area contributed by atoms with Gasteiger partial charge in [-0.25, -0.2) is 4.68 Å². The summed E-state index contributed by atoms with van der Waals surface area (Å²) in [6.45, 7) is 9.72. The molecule has 0 aliphatic carbocycles. The molecule has 1 aliphatic heterocycles. The van der Waals surface area contributed by atoms with Crippen molar-refractivity contribution in [2.24, 2.45) is 0 Å². The van der Waals surface area contributed by atoms with Crippen LogP contribution in [0.5, 0.6) is 0 Å². The lowest BCUT2D eigenvalue weighted by atomic mass is 10.1. The maximum absolute atomic E-state index is 13.6. The molecule has 0 N–H and O–H groups in total. The first-order chi connectivity index (χ1) is 15.6. The lowest BCUT2D eigenvalue weighted by Crippen LogP contribution is -2.39. The summed E-state index contributed by atoms with van der Waals surface area (Å²) in [5, 5.41) is 4.55. The summed E-state index contributed by atoms with van der Waals surface area (Å²) in [5.74, 6) is 0.0149. The van der Waals surface area contributed by atoms with Crippen molar-refractivity contribution in [3.05, 3.63) is 77.4 Å². The lowest BCUT2D eigenvalue weighted by Gasteiger charge is -2.28. The Morgan fingerprint density at radius 1 is 1.09 bits per heavy atom. The molecule has 0 unspecified atom stereocenters. The molecule has 1 aromatic carbocycles. The highest BCUT2D eigenvalue weighted by molar-refractivity contribution is 5.95. The van der Waals surface area contributed by atoms with Gasteiger partial charge < -0.3 is 9.64 Å². The van der Waals surface area contributed by atoms with Crippen molar-refractivity contribution in [1.82, 2.24) is 24.6 Å². The number of hydrogen-bond donors (Lipinski definition) is 0. The standard InChI is InChI=1S/C25H31N5O2/c1-20-6-3-4-7-24(20)30-21(2)23(18-27-30)25(31)29(19-22-8-10-26-11-9-22)13-5-12-28-14-16-32-17-15-28/h3-4,6-11,18H,5,12-17,19H2,1-2H3. The minimum atomic E-state index is 0.0149. The molecule has 4 rings (SSSR count).